The van der Waals surface area contributed by atoms with Gasteiger partial charge in [0.05, 0.1) is 16.6 Å². The molecular formula is C11H7BrCl2N2OS. The highest BCUT2D eigenvalue weighted by Gasteiger charge is 2.10. The highest BCUT2D eigenvalue weighted by Crippen LogP contribution is 2.24. The first-order valence-corrected chi connectivity index (χ1v) is 7.45. The van der Waals surface area contributed by atoms with Crippen LogP contribution in [-0.4, -0.2) is 10.9 Å². The van der Waals surface area contributed by atoms with Crippen molar-refractivity contribution >= 4 is 61.5 Å². The molecule has 18 heavy (non-hydrogen) atoms. The molecule has 0 radical (unpaired) electrons. The molecule has 0 aliphatic heterocycles. The normalized spacial score (nSPS) is 10.4. The van der Waals surface area contributed by atoms with Gasteiger partial charge in [-0.1, -0.05) is 11.6 Å². The average molecular weight is 366 g/mol. The standard InChI is InChI=1S/C11H7BrCl2N2OS/c12-8-3-6(1-2-9(8)14)10(17)16-11-15-7(4-13)5-18-11/h1-3,5H,4H2,(H,15,16,17). The van der Waals surface area contributed by atoms with E-state index in [1.165, 1.54) is 11.3 Å². The predicted molar refractivity (Wildman–Crippen MR) is 78.8 cm³/mol. The first-order chi connectivity index (χ1) is 8.60. The first-order valence-electron chi connectivity index (χ1n) is 4.87. The van der Waals surface area contributed by atoms with Crippen LogP contribution in [-0.2, 0) is 5.88 Å². The minimum Gasteiger partial charge on any atom is -0.298 e. The summed E-state index contributed by atoms with van der Waals surface area (Å²) in [6.07, 6.45) is 0. The molecule has 1 heterocycles. The molecule has 94 valence electrons. The van der Waals surface area contributed by atoms with Gasteiger partial charge in [0.2, 0.25) is 0 Å². The number of nitrogens with zero attached hydrogens (tertiary/aromatic N) is 1. The number of anilines is 1. The summed E-state index contributed by atoms with van der Waals surface area (Å²) >= 11 is 16.1. The van der Waals surface area contributed by atoms with E-state index in [2.05, 4.69) is 26.2 Å². The third kappa shape index (κ3) is 3.23. The Kier molecular flexibility index (Phi) is 4.61. The Hall–Kier alpha value is -0.620. The molecule has 3 nitrogen and oxygen atoms in total. The number of aromatic nitrogens is 1. The van der Waals surface area contributed by atoms with Gasteiger partial charge in [-0.05, 0) is 34.1 Å². The molecule has 0 aliphatic carbocycles. The van der Waals surface area contributed by atoms with Crippen molar-refractivity contribution in [1.29, 1.82) is 0 Å². The number of nitrogens with one attached hydrogen (secondary N) is 1. The SMILES string of the molecule is O=C(Nc1nc(CCl)cs1)c1ccc(Cl)c(Br)c1. The van der Waals surface area contributed by atoms with E-state index in [-0.39, 0.29) is 5.91 Å². The zero-order chi connectivity index (χ0) is 13.1. The lowest BCUT2D eigenvalue weighted by atomic mass is 10.2. The summed E-state index contributed by atoms with van der Waals surface area (Å²) in [4.78, 5) is 16.1. The summed E-state index contributed by atoms with van der Waals surface area (Å²) in [5, 5.41) is 5.60. The van der Waals surface area contributed by atoms with E-state index in [0.29, 0.717) is 26.1 Å². The number of carbonyl (C=O) groups excluding carboxylic acids is 1. The molecule has 2 rings (SSSR count). The maximum absolute atomic E-state index is 11.9. The second-order valence-corrected chi connectivity index (χ2v) is 5.75. The van der Waals surface area contributed by atoms with Crippen LogP contribution in [0.1, 0.15) is 16.1 Å². The van der Waals surface area contributed by atoms with Crippen LogP contribution in [0, 0.1) is 0 Å². The molecule has 7 heteroatoms. The average Bonchev–Trinajstić information content (AvgIpc) is 2.80. The van der Waals surface area contributed by atoms with Crippen LogP contribution in [0.15, 0.2) is 28.1 Å². The highest BCUT2D eigenvalue weighted by atomic mass is 79.9. The lowest BCUT2D eigenvalue weighted by Crippen LogP contribution is -2.11. The fraction of sp³-hybridized carbons (Fsp3) is 0.0909. The van der Waals surface area contributed by atoms with Crippen molar-refractivity contribution in [1.82, 2.24) is 4.98 Å². The van der Waals surface area contributed by atoms with Crippen LogP contribution in [0.5, 0.6) is 0 Å². The smallest absolute Gasteiger partial charge is 0.257 e. The number of benzene rings is 1. The minimum atomic E-state index is -0.233. The summed E-state index contributed by atoms with van der Waals surface area (Å²) in [5.41, 5.74) is 1.25. The molecule has 0 aliphatic rings. The summed E-state index contributed by atoms with van der Waals surface area (Å²) < 4.78 is 0.678. The van der Waals surface area contributed by atoms with Gasteiger partial charge >= 0.3 is 0 Å². The lowest BCUT2D eigenvalue weighted by Gasteiger charge is -2.03. The van der Waals surface area contributed by atoms with Crippen molar-refractivity contribution in [2.24, 2.45) is 0 Å². The van der Waals surface area contributed by atoms with Crippen LogP contribution >= 0.6 is 50.5 Å². The Morgan fingerprint density at radius 3 is 2.89 bits per heavy atom. The Morgan fingerprint density at radius 2 is 2.28 bits per heavy atom. The number of carbonyl (C=O) groups is 1. The van der Waals surface area contributed by atoms with Crippen LogP contribution in [0.3, 0.4) is 0 Å². The number of hydrogen-bond donors (Lipinski definition) is 1. The lowest BCUT2D eigenvalue weighted by molar-refractivity contribution is 0.102. The van der Waals surface area contributed by atoms with Crippen LogP contribution in [0.4, 0.5) is 5.13 Å². The van der Waals surface area contributed by atoms with E-state index >= 15 is 0 Å². The zero-order valence-electron chi connectivity index (χ0n) is 8.91. The van der Waals surface area contributed by atoms with E-state index in [1.54, 1.807) is 23.6 Å². The van der Waals surface area contributed by atoms with Crippen molar-refractivity contribution in [3.63, 3.8) is 0 Å². The van der Waals surface area contributed by atoms with Gasteiger partial charge in [0.1, 0.15) is 0 Å². The van der Waals surface area contributed by atoms with E-state index in [0.717, 1.165) is 5.69 Å². The number of alkyl halides is 1. The Labute approximate surface area is 126 Å². The third-order valence-corrected chi connectivity index (χ3v) is 4.39. The van der Waals surface area contributed by atoms with Gasteiger partial charge in [-0.3, -0.25) is 10.1 Å². The van der Waals surface area contributed by atoms with E-state index in [4.69, 9.17) is 23.2 Å². The Balaban J connectivity index is 2.14. The second-order valence-electron chi connectivity index (χ2n) is 3.36. The molecule has 1 aromatic heterocycles. The Morgan fingerprint density at radius 1 is 1.50 bits per heavy atom. The molecule has 0 saturated heterocycles. The quantitative estimate of drug-likeness (QED) is 0.810. The molecule has 1 N–H and O–H groups in total. The van der Waals surface area contributed by atoms with Crippen molar-refractivity contribution in [2.75, 3.05) is 5.32 Å². The summed E-state index contributed by atoms with van der Waals surface area (Å²) in [6, 6.07) is 4.97. The van der Waals surface area contributed by atoms with Gasteiger partial charge in [-0.15, -0.1) is 22.9 Å². The fourth-order valence-electron chi connectivity index (χ4n) is 1.23. The largest absolute Gasteiger partial charge is 0.298 e. The van der Waals surface area contributed by atoms with Gasteiger partial charge in [0.15, 0.2) is 5.13 Å². The van der Waals surface area contributed by atoms with Gasteiger partial charge < -0.3 is 0 Å². The van der Waals surface area contributed by atoms with Crippen molar-refractivity contribution in [2.45, 2.75) is 5.88 Å². The number of halogens is 3. The van der Waals surface area contributed by atoms with Gasteiger partial charge in [0.25, 0.3) is 5.91 Å². The molecule has 0 bridgehead atoms. The molecule has 0 unspecified atom stereocenters. The van der Waals surface area contributed by atoms with E-state index in [9.17, 15) is 4.79 Å². The summed E-state index contributed by atoms with van der Waals surface area (Å²) in [6.45, 7) is 0. The monoisotopic (exact) mass is 364 g/mol. The molecule has 2 aromatic rings. The topological polar surface area (TPSA) is 42.0 Å². The first kappa shape index (κ1) is 13.8. The van der Waals surface area contributed by atoms with Crippen LogP contribution < -0.4 is 5.32 Å². The fourth-order valence-corrected chi connectivity index (χ4v) is 2.66. The van der Waals surface area contributed by atoms with Gasteiger partial charge in [-0.2, -0.15) is 0 Å². The number of amides is 1. The summed E-state index contributed by atoms with van der Waals surface area (Å²) in [5.74, 6) is 0.0987. The van der Waals surface area contributed by atoms with E-state index in [1.807, 2.05) is 0 Å². The van der Waals surface area contributed by atoms with E-state index < -0.39 is 0 Å². The van der Waals surface area contributed by atoms with Crippen LogP contribution in [0.2, 0.25) is 5.02 Å². The van der Waals surface area contributed by atoms with Gasteiger partial charge in [0, 0.05) is 15.4 Å². The maximum Gasteiger partial charge on any atom is 0.257 e. The third-order valence-electron chi connectivity index (χ3n) is 2.09. The highest BCUT2D eigenvalue weighted by molar-refractivity contribution is 9.10. The van der Waals surface area contributed by atoms with Crippen molar-refractivity contribution in [3.05, 3.63) is 44.3 Å². The van der Waals surface area contributed by atoms with Crippen molar-refractivity contribution < 1.29 is 4.79 Å². The van der Waals surface area contributed by atoms with Crippen molar-refractivity contribution in [3.8, 4) is 0 Å². The molecule has 0 spiro atoms. The molecule has 1 amide bonds. The van der Waals surface area contributed by atoms with Gasteiger partial charge in [-0.25, -0.2) is 4.98 Å². The summed E-state index contributed by atoms with van der Waals surface area (Å²) in [7, 11) is 0. The molecule has 1 aromatic carbocycles. The number of thiazole rings is 1. The number of rotatable bonds is 3. The minimum absolute atomic E-state index is 0.233. The zero-order valence-corrected chi connectivity index (χ0v) is 12.8. The molecule has 0 saturated carbocycles. The Bertz CT molecular complexity index is 588. The number of hydrogen-bond acceptors (Lipinski definition) is 3. The molecule has 0 fully saturated rings. The molecular weight excluding hydrogens is 359 g/mol. The predicted octanol–water partition coefficient (Wildman–Crippen LogP) is 4.55. The maximum atomic E-state index is 11.9. The molecule has 0 atom stereocenters. The van der Waals surface area contributed by atoms with Crippen LogP contribution in [0.25, 0.3) is 0 Å². The second kappa shape index (κ2) is 6.02.